The van der Waals surface area contributed by atoms with Gasteiger partial charge in [0.15, 0.2) is 0 Å². The van der Waals surface area contributed by atoms with E-state index in [1.807, 2.05) is 18.2 Å². The van der Waals surface area contributed by atoms with Gasteiger partial charge in [-0.3, -0.25) is 4.79 Å². The number of thioether (sulfide) groups is 1. The zero-order valence-electron chi connectivity index (χ0n) is 9.15. The van der Waals surface area contributed by atoms with E-state index < -0.39 is 0 Å². The Balaban J connectivity index is 0.00000144. The largest absolute Gasteiger partial charge is 1.00 e. The lowest BCUT2D eigenvalue weighted by Gasteiger charge is -2.02. The summed E-state index contributed by atoms with van der Waals surface area (Å²) in [7, 11) is 0. The van der Waals surface area contributed by atoms with E-state index in [1.54, 1.807) is 17.8 Å². The predicted molar refractivity (Wildman–Crippen MR) is 67.6 cm³/mol. The quantitative estimate of drug-likeness (QED) is 0.638. The number of fused-ring (bicyclic) bond motifs is 1. The molecule has 0 aliphatic carbocycles. The lowest BCUT2D eigenvalue weighted by Crippen LogP contribution is -3.00. The van der Waals surface area contributed by atoms with Crippen LogP contribution < -0.4 is 23.7 Å². The highest BCUT2D eigenvalue weighted by Crippen LogP contribution is 2.10. The van der Waals surface area contributed by atoms with Gasteiger partial charge in [0, 0.05) is 12.3 Å². The van der Waals surface area contributed by atoms with Crippen molar-refractivity contribution in [2.45, 2.75) is 5.75 Å². The molecule has 17 heavy (non-hydrogen) atoms. The number of nitrogens with one attached hydrogen (secondary N) is 1. The average molecular weight is 271 g/mol. The Morgan fingerprint density at radius 3 is 2.88 bits per heavy atom. The number of nitrogens with zero attached hydrogens (tertiary/aromatic N) is 1. The van der Waals surface area contributed by atoms with Gasteiger partial charge in [0.2, 0.25) is 0 Å². The molecule has 0 bridgehead atoms. The smallest absolute Gasteiger partial charge is 0.258 e. The first-order valence-corrected chi connectivity index (χ1v) is 6.22. The summed E-state index contributed by atoms with van der Waals surface area (Å²) in [6.45, 7) is 0.641. The van der Waals surface area contributed by atoms with Crippen LogP contribution in [0.15, 0.2) is 29.1 Å². The summed E-state index contributed by atoms with van der Waals surface area (Å²) in [5.74, 6) is 2.27. The van der Waals surface area contributed by atoms with Crippen LogP contribution in [0.1, 0.15) is 5.82 Å². The van der Waals surface area contributed by atoms with Crippen molar-refractivity contribution in [3.05, 3.63) is 40.4 Å². The number of para-hydroxylation sites is 1. The second kappa shape index (κ2) is 6.64. The minimum atomic E-state index is -0.0750. The molecule has 0 radical (unpaired) electrons. The highest BCUT2D eigenvalue weighted by molar-refractivity contribution is 7.98. The van der Waals surface area contributed by atoms with E-state index in [-0.39, 0.29) is 18.0 Å². The van der Waals surface area contributed by atoms with E-state index in [4.69, 9.17) is 5.73 Å². The van der Waals surface area contributed by atoms with Gasteiger partial charge in [-0.25, -0.2) is 4.98 Å². The summed E-state index contributed by atoms with van der Waals surface area (Å²) >= 11 is 1.67. The molecule has 2 rings (SSSR count). The lowest BCUT2D eigenvalue weighted by molar-refractivity contribution is -0.00000354. The maximum absolute atomic E-state index is 11.7. The fourth-order valence-electron chi connectivity index (χ4n) is 1.46. The molecule has 0 amide bonds. The lowest BCUT2D eigenvalue weighted by atomic mass is 10.2. The summed E-state index contributed by atoms with van der Waals surface area (Å²) in [5, 5.41) is 0.634. The molecular weight excluding hydrogens is 258 g/mol. The third-order valence-corrected chi connectivity index (χ3v) is 3.16. The molecule has 0 spiro atoms. The van der Waals surface area contributed by atoms with Crippen molar-refractivity contribution in [1.29, 1.82) is 0 Å². The van der Waals surface area contributed by atoms with Crippen LogP contribution in [0, 0.1) is 0 Å². The summed E-state index contributed by atoms with van der Waals surface area (Å²) in [6.07, 6.45) is 0. The Kier molecular flexibility index (Phi) is 5.47. The van der Waals surface area contributed by atoms with Gasteiger partial charge in [-0.05, 0) is 12.1 Å². The number of nitrogens with two attached hydrogens (primary N) is 1. The van der Waals surface area contributed by atoms with Crippen molar-refractivity contribution in [3.8, 4) is 0 Å². The fraction of sp³-hybridized carbons (Fsp3) is 0.273. The second-order valence-electron chi connectivity index (χ2n) is 3.37. The van der Waals surface area contributed by atoms with Crippen LogP contribution in [0.5, 0.6) is 0 Å². The summed E-state index contributed by atoms with van der Waals surface area (Å²) in [5.41, 5.74) is 6.07. The molecule has 0 aliphatic heterocycles. The summed E-state index contributed by atoms with van der Waals surface area (Å²) in [6, 6.07) is 7.34. The average Bonchev–Trinajstić information content (AvgIpc) is 2.30. The van der Waals surface area contributed by atoms with Crippen LogP contribution in [0.2, 0.25) is 0 Å². The van der Waals surface area contributed by atoms with Gasteiger partial charge in [-0.15, -0.1) is 0 Å². The molecule has 0 atom stereocenters. The van der Waals surface area contributed by atoms with Gasteiger partial charge in [0.1, 0.15) is 5.82 Å². The first-order valence-electron chi connectivity index (χ1n) is 5.07. The number of aromatic nitrogens is 2. The van der Waals surface area contributed by atoms with E-state index in [1.165, 1.54) is 0 Å². The van der Waals surface area contributed by atoms with E-state index >= 15 is 0 Å². The molecule has 4 nitrogen and oxygen atoms in total. The molecule has 1 heterocycles. The van der Waals surface area contributed by atoms with Crippen molar-refractivity contribution in [2.75, 3.05) is 12.3 Å². The van der Waals surface area contributed by atoms with Gasteiger partial charge in [0.25, 0.3) is 5.56 Å². The number of benzene rings is 1. The van der Waals surface area contributed by atoms with Crippen LogP contribution in [0.4, 0.5) is 0 Å². The van der Waals surface area contributed by atoms with Crippen LogP contribution in [-0.4, -0.2) is 22.3 Å². The van der Waals surface area contributed by atoms with Crippen molar-refractivity contribution in [1.82, 2.24) is 9.97 Å². The summed E-state index contributed by atoms with van der Waals surface area (Å²) < 4.78 is 0. The standard InChI is InChI=1S/C11H13N3OS.ClH/c12-5-6-16-7-10-13-9-4-2-1-3-8(9)11(15)14-10;/h1-4H,5-7,12H2,(H,13,14,15);1H/p-1. The highest BCUT2D eigenvalue weighted by atomic mass is 35.5. The molecule has 92 valence electrons. The van der Waals surface area contributed by atoms with Crippen molar-refractivity contribution in [3.63, 3.8) is 0 Å². The van der Waals surface area contributed by atoms with E-state index in [0.29, 0.717) is 23.5 Å². The van der Waals surface area contributed by atoms with Gasteiger partial charge >= 0.3 is 0 Å². The van der Waals surface area contributed by atoms with E-state index in [0.717, 1.165) is 11.3 Å². The van der Waals surface area contributed by atoms with Gasteiger partial charge < -0.3 is 23.1 Å². The zero-order valence-corrected chi connectivity index (χ0v) is 10.7. The first kappa shape index (κ1) is 14.0. The highest BCUT2D eigenvalue weighted by Gasteiger charge is 2.02. The maximum atomic E-state index is 11.7. The van der Waals surface area contributed by atoms with Crippen molar-refractivity contribution >= 4 is 22.7 Å². The number of H-pyrrole nitrogens is 1. The zero-order chi connectivity index (χ0) is 11.4. The van der Waals surface area contributed by atoms with E-state index in [2.05, 4.69) is 9.97 Å². The topological polar surface area (TPSA) is 71.8 Å². The summed E-state index contributed by atoms with van der Waals surface area (Å²) in [4.78, 5) is 18.9. The molecule has 2 aromatic rings. The number of hydrogen-bond donors (Lipinski definition) is 2. The Morgan fingerprint density at radius 1 is 1.35 bits per heavy atom. The molecule has 0 aliphatic rings. The number of hydrogen-bond acceptors (Lipinski definition) is 4. The molecule has 1 aromatic heterocycles. The van der Waals surface area contributed by atoms with Gasteiger partial charge in [0.05, 0.1) is 16.7 Å². The Morgan fingerprint density at radius 2 is 2.12 bits per heavy atom. The van der Waals surface area contributed by atoms with Crippen LogP contribution in [0.25, 0.3) is 10.9 Å². The Bertz CT molecular complexity index is 543. The monoisotopic (exact) mass is 270 g/mol. The third kappa shape index (κ3) is 3.46. The number of aromatic amines is 1. The molecular formula is C11H13ClN3OS-. The van der Waals surface area contributed by atoms with E-state index in [9.17, 15) is 4.79 Å². The molecule has 0 saturated carbocycles. The van der Waals surface area contributed by atoms with Crippen LogP contribution in [-0.2, 0) is 5.75 Å². The van der Waals surface area contributed by atoms with Gasteiger partial charge in [-0.1, -0.05) is 12.1 Å². The molecule has 0 saturated heterocycles. The Hall–Kier alpha value is -1.04. The predicted octanol–water partition coefficient (Wildman–Crippen LogP) is -1.88. The first-order chi connectivity index (χ1) is 7.81. The molecule has 0 fully saturated rings. The number of halogens is 1. The van der Waals surface area contributed by atoms with Crippen LogP contribution >= 0.6 is 11.8 Å². The number of rotatable bonds is 4. The minimum absolute atomic E-state index is 0. The van der Waals surface area contributed by atoms with Gasteiger partial charge in [-0.2, -0.15) is 11.8 Å². The molecule has 0 unspecified atom stereocenters. The van der Waals surface area contributed by atoms with Crippen LogP contribution in [0.3, 0.4) is 0 Å². The third-order valence-electron chi connectivity index (χ3n) is 2.16. The molecule has 3 N–H and O–H groups in total. The Labute approximate surface area is 109 Å². The minimum Gasteiger partial charge on any atom is -1.00 e. The normalized spacial score (nSPS) is 10.2. The molecule has 6 heteroatoms. The molecule has 1 aromatic carbocycles. The van der Waals surface area contributed by atoms with Crippen molar-refractivity contribution in [2.24, 2.45) is 5.73 Å². The maximum Gasteiger partial charge on any atom is 0.258 e. The SMILES string of the molecule is NCCSCc1nc2ccccc2c(=O)[nH]1.[Cl-]. The van der Waals surface area contributed by atoms with Crippen molar-refractivity contribution < 1.29 is 12.4 Å². The fourth-order valence-corrected chi connectivity index (χ4v) is 2.10. The second-order valence-corrected chi connectivity index (χ2v) is 4.48.